The van der Waals surface area contributed by atoms with Crippen LogP contribution in [0.5, 0.6) is 0 Å². The minimum absolute atomic E-state index is 0.00123. The highest BCUT2D eigenvalue weighted by Crippen LogP contribution is 2.39. The summed E-state index contributed by atoms with van der Waals surface area (Å²) < 4.78 is 21.9. The molecule has 1 aliphatic carbocycles. The van der Waals surface area contributed by atoms with Crippen LogP contribution >= 0.6 is 0 Å². The van der Waals surface area contributed by atoms with Gasteiger partial charge in [0.2, 0.25) is 0 Å². The monoisotopic (exact) mass is 635 g/mol. The fraction of sp³-hybridized carbons (Fsp3) is 0.583. The molecule has 0 bridgehead atoms. The van der Waals surface area contributed by atoms with E-state index in [0.717, 1.165) is 41.5 Å². The van der Waals surface area contributed by atoms with Crippen molar-refractivity contribution in [2.75, 3.05) is 26.2 Å². The number of aromatic nitrogens is 2. The third-order valence-corrected chi connectivity index (χ3v) is 9.52. The first kappa shape index (κ1) is 33.9. The van der Waals surface area contributed by atoms with E-state index in [1.165, 1.54) is 12.1 Å². The van der Waals surface area contributed by atoms with Gasteiger partial charge in [0.05, 0.1) is 22.9 Å². The summed E-state index contributed by atoms with van der Waals surface area (Å²) in [4.78, 5) is 30.0. The number of hydrogen-bond donors (Lipinski definition) is 2. The largest absolute Gasteiger partial charge is 0.444 e. The molecule has 250 valence electrons. The summed E-state index contributed by atoms with van der Waals surface area (Å²) in [6.45, 7) is 14.2. The topological polar surface area (TPSA) is 99.9 Å². The second-order valence-electron chi connectivity index (χ2n) is 14.5. The van der Waals surface area contributed by atoms with Gasteiger partial charge < -0.3 is 20.1 Å². The molecule has 1 atom stereocenters. The molecule has 1 aromatic heterocycles. The van der Waals surface area contributed by atoms with Gasteiger partial charge in [0.15, 0.2) is 0 Å². The van der Waals surface area contributed by atoms with E-state index in [2.05, 4.69) is 27.4 Å². The molecule has 2 N–H and O–H groups in total. The Morgan fingerprint density at radius 1 is 1.15 bits per heavy atom. The summed E-state index contributed by atoms with van der Waals surface area (Å²) >= 11 is 0. The van der Waals surface area contributed by atoms with E-state index in [1.54, 1.807) is 11.0 Å². The highest BCUT2D eigenvalue weighted by Gasteiger charge is 2.38. The smallest absolute Gasteiger partial charge is 0.407 e. The van der Waals surface area contributed by atoms with Gasteiger partial charge in [-0.2, -0.15) is 5.10 Å². The maximum absolute atomic E-state index is 14.6. The molecule has 2 heterocycles. The molecule has 10 heteroatoms. The average molecular weight is 636 g/mol. The number of aliphatic hydroxyl groups is 1. The Balaban J connectivity index is 1.34. The number of halogens is 1. The lowest BCUT2D eigenvalue weighted by Gasteiger charge is -2.38. The summed E-state index contributed by atoms with van der Waals surface area (Å²) in [6.07, 6.45) is 5.00. The third kappa shape index (κ3) is 7.55. The van der Waals surface area contributed by atoms with Gasteiger partial charge in [0.1, 0.15) is 11.4 Å². The second kappa shape index (κ2) is 13.3. The Morgan fingerprint density at radius 3 is 2.52 bits per heavy atom. The molecule has 3 aromatic rings. The Labute approximate surface area is 272 Å². The van der Waals surface area contributed by atoms with Crippen molar-refractivity contribution in [1.82, 2.24) is 24.9 Å². The van der Waals surface area contributed by atoms with Crippen molar-refractivity contribution >= 4 is 22.9 Å². The molecule has 1 unspecified atom stereocenters. The van der Waals surface area contributed by atoms with E-state index in [0.29, 0.717) is 49.9 Å². The number of nitrogens with one attached hydrogen (secondary N) is 1. The number of rotatable bonds is 8. The first-order valence-electron chi connectivity index (χ1n) is 16.7. The van der Waals surface area contributed by atoms with Crippen molar-refractivity contribution in [3.63, 3.8) is 0 Å². The quantitative estimate of drug-likeness (QED) is 0.304. The molecular formula is C36H50FN5O4. The fourth-order valence-electron chi connectivity index (χ4n) is 7.15. The van der Waals surface area contributed by atoms with E-state index >= 15 is 0 Å². The van der Waals surface area contributed by atoms with Crippen LogP contribution in [0.25, 0.3) is 22.0 Å². The highest BCUT2D eigenvalue weighted by molar-refractivity contribution is 6.05. The van der Waals surface area contributed by atoms with Crippen LogP contribution in [0.3, 0.4) is 0 Å². The van der Waals surface area contributed by atoms with Crippen LogP contribution in [0.15, 0.2) is 36.5 Å². The van der Waals surface area contributed by atoms with E-state index in [9.17, 15) is 19.1 Å². The number of fused-ring (bicyclic) bond motifs is 1. The van der Waals surface area contributed by atoms with Crippen LogP contribution in [0.2, 0.25) is 0 Å². The van der Waals surface area contributed by atoms with Crippen LogP contribution in [-0.4, -0.2) is 86.2 Å². The molecule has 46 heavy (non-hydrogen) atoms. The number of ether oxygens (including phenoxy) is 1. The summed E-state index contributed by atoms with van der Waals surface area (Å²) in [5.74, 6) is -0.399. The fourth-order valence-corrected chi connectivity index (χ4v) is 7.15. The number of hydrogen-bond acceptors (Lipinski definition) is 6. The number of benzene rings is 2. The van der Waals surface area contributed by atoms with Gasteiger partial charge in [-0.25, -0.2) is 9.18 Å². The summed E-state index contributed by atoms with van der Waals surface area (Å²) in [5.41, 5.74) is 2.68. The number of likely N-dealkylation sites (tertiary alicyclic amines) is 1. The molecule has 1 saturated carbocycles. The normalized spacial score (nSPS) is 22.4. The molecule has 0 spiro atoms. The van der Waals surface area contributed by atoms with E-state index in [-0.39, 0.29) is 23.9 Å². The Hall–Kier alpha value is -3.50. The first-order chi connectivity index (χ1) is 21.7. The average Bonchev–Trinajstić information content (AvgIpc) is 3.59. The van der Waals surface area contributed by atoms with Crippen molar-refractivity contribution in [2.24, 2.45) is 7.05 Å². The van der Waals surface area contributed by atoms with Crippen LogP contribution in [0.1, 0.15) is 95.5 Å². The number of β-amino-alcohol motifs (C(OH)–C–C–N with tert-alkyl or cyclic N) is 1. The van der Waals surface area contributed by atoms with Gasteiger partial charge in [-0.15, -0.1) is 0 Å². The molecule has 1 saturated heterocycles. The maximum Gasteiger partial charge on any atom is 0.407 e. The predicted molar refractivity (Wildman–Crippen MR) is 178 cm³/mol. The zero-order valence-corrected chi connectivity index (χ0v) is 28.4. The first-order valence-corrected chi connectivity index (χ1v) is 16.7. The molecule has 2 aliphatic rings. The molecule has 5 rings (SSSR count). The minimum Gasteiger partial charge on any atom is -0.444 e. The molecule has 0 radical (unpaired) electrons. The SMILES string of the molecule is CCN(C(=O)c1cc(F)ccc1-c1cc(C2CCN(CC3(O)CCC(NC(=O)OC(C)(C)C)CC3)C2)cc2c1cnn2C)C(C)C. The molecule has 1 aliphatic heterocycles. The summed E-state index contributed by atoms with van der Waals surface area (Å²) in [6, 6.07) is 8.80. The van der Waals surface area contributed by atoms with Gasteiger partial charge in [-0.05, 0) is 127 Å². The van der Waals surface area contributed by atoms with Crippen LogP contribution in [0, 0.1) is 5.82 Å². The maximum atomic E-state index is 14.6. The van der Waals surface area contributed by atoms with Crippen LogP contribution in [0.4, 0.5) is 9.18 Å². The molecule has 2 amide bonds. The molecule has 2 fully saturated rings. The minimum atomic E-state index is -0.802. The van der Waals surface area contributed by atoms with E-state index in [1.807, 2.05) is 59.5 Å². The molecule has 9 nitrogen and oxygen atoms in total. The number of alkyl carbamates (subject to hydrolysis) is 1. The summed E-state index contributed by atoms with van der Waals surface area (Å²) in [5, 5.41) is 19.9. The Morgan fingerprint density at radius 2 is 1.87 bits per heavy atom. The van der Waals surface area contributed by atoms with Gasteiger partial charge in [0.25, 0.3) is 5.91 Å². The van der Waals surface area contributed by atoms with Crippen LogP contribution < -0.4 is 5.32 Å². The van der Waals surface area contributed by atoms with E-state index in [4.69, 9.17) is 4.74 Å². The van der Waals surface area contributed by atoms with Crippen molar-refractivity contribution in [3.05, 3.63) is 53.5 Å². The molecular weight excluding hydrogens is 585 g/mol. The highest BCUT2D eigenvalue weighted by atomic mass is 19.1. The number of aryl methyl sites for hydroxylation is 1. The van der Waals surface area contributed by atoms with Crippen molar-refractivity contribution in [1.29, 1.82) is 0 Å². The number of nitrogens with zero attached hydrogens (tertiary/aromatic N) is 4. The van der Waals surface area contributed by atoms with Gasteiger partial charge in [0, 0.05) is 44.2 Å². The van der Waals surface area contributed by atoms with Crippen molar-refractivity contribution < 1.29 is 23.8 Å². The number of carbonyl (C=O) groups is 2. The van der Waals surface area contributed by atoms with Crippen molar-refractivity contribution in [3.8, 4) is 11.1 Å². The van der Waals surface area contributed by atoms with E-state index < -0.39 is 23.1 Å². The summed E-state index contributed by atoms with van der Waals surface area (Å²) in [7, 11) is 1.91. The van der Waals surface area contributed by atoms with Crippen molar-refractivity contribution in [2.45, 2.75) is 103 Å². The Bertz CT molecular complexity index is 1570. The lowest BCUT2D eigenvalue weighted by atomic mass is 9.82. The second-order valence-corrected chi connectivity index (χ2v) is 14.5. The predicted octanol–water partition coefficient (Wildman–Crippen LogP) is 6.24. The molecule has 2 aromatic carbocycles. The number of carbonyl (C=O) groups excluding carboxylic acids is 2. The van der Waals surface area contributed by atoms with Crippen LogP contribution in [-0.2, 0) is 11.8 Å². The number of amides is 2. The van der Waals surface area contributed by atoms with Gasteiger partial charge in [-0.3, -0.25) is 14.4 Å². The van der Waals surface area contributed by atoms with Gasteiger partial charge >= 0.3 is 6.09 Å². The zero-order valence-electron chi connectivity index (χ0n) is 28.4. The zero-order chi connectivity index (χ0) is 33.4. The standard InChI is InChI=1S/C36H50FN5O4/c1-8-42(23(2)3)33(43)30-19-26(37)9-10-28(30)29-17-25(18-32-31(29)20-38-40(32)7)24-13-16-41(21-24)22-36(45)14-11-27(12-15-36)39-34(44)46-35(4,5)6/h9-10,17-20,23-24,27,45H,8,11-16,21-22H2,1-7H3,(H,39,44). The lowest BCUT2D eigenvalue weighted by Crippen LogP contribution is -2.49. The Kier molecular flexibility index (Phi) is 9.80. The van der Waals surface area contributed by atoms with Gasteiger partial charge in [-0.1, -0.05) is 6.07 Å². The lowest BCUT2D eigenvalue weighted by molar-refractivity contribution is -0.0289. The third-order valence-electron chi connectivity index (χ3n) is 9.52.